The highest BCUT2D eigenvalue weighted by atomic mass is 16.4. The molecule has 3 rings (SSSR count). The number of aliphatic carboxylic acids is 1. The molecule has 0 saturated carbocycles. The Bertz CT molecular complexity index is 965. The smallest absolute Gasteiger partial charge is 0.323 e. The van der Waals surface area contributed by atoms with E-state index in [0.29, 0.717) is 24.9 Å². The zero-order valence-corrected chi connectivity index (χ0v) is 18.4. The average molecular weight is 452 g/mol. The lowest BCUT2D eigenvalue weighted by Gasteiger charge is -2.24. The molecule has 2 amide bonds. The topological polar surface area (TPSA) is 116 Å². The van der Waals surface area contributed by atoms with Gasteiger partial charge >= 0.3 is 5.97 Å². The summed E-state index contributed by atoms with van der Waals surface area (Å²) >= 11 is 0. The van der Waals surface area contributed by atoms with Crippen LogP contribution in [0.5, 0.6) is 0 Å². The molecule has 1 unspecified atom stereocenters. The molecule has 0 bridgehead atoms. The zero-order chi connectivity index (χ0) is 23.6. The Morgan fingerprint density at radius 2 is 1.67 bits per heavy atom. The maximum atomic E-state index is 13.1. The van der Waals surface area contributed by atoms with E-state index < -0.39 is 18.1 Å². The highest BCUT2D eigenvalue weighted by Crippen LogP contribution is 2.13. The Hall–Kier alpha value is -3.52. The molecular formula is C25H29N3O5. The largest absolute Gasteiger partial charge is 0.480 e. The molecule has 8 nitrogen and oxygen atoms in total. The normalized spacial score (nSPS) is 17.2. The van der Waals surface area contributed by atoms with E-state index in [1.54, 1.807) is 24.3 Å². The van der Waals surface area contributed by atoms with Crippen LogP contribution in [0.4, 0.5) is 0 Å². The molecule has 2 aromatic rings. The first-order chi connectivity index (χ1) is 15.9. The summed E-state index contributed by atoms with van der Waals surface area (Å²) in [6, 6.07) is 16.7. The van der Waals surface area contributed by atoms with E-state index in [4.69, 9.17) is 5.11 Å². The van der Waals surface area contributed by atoms with Crippen molar-refractivity contribution in [2.45, 2.75) is 37.8 Å². The van der Waals surface area contributed by atoms with E-state index in [2.05, 4.69) is 10.6 Å². The van der Waals surface area contributed by atoms with Crippen molar-refractivity contribution < 1.29 is 24.3 Å². The van der Waals surface area contributed by atoms with Crippen molar-refractivity contribution in [3.8, 4) is 0 Å². The van der Waals surface area contributed by atoms with Gasteiger partial charge in [-0.2, -0.15) is 0 Å². The number of nitrogens with one attached hydrogen (secondary N) is 2. The summed E-state index contributed by atoms with van der Waals surface area (Å²) in [6.07, 6.45) is 2.33. The number of benzene rings is 2. The summed E-state index contributed by atoms with van der Waals surface area (Å²) < 4.78 is 0. The molecule has 1 aliphatic heterocycles. The SMILES string of the molecule is O=C(O)CN1CCCC[C@H](NCC(=O)C(Cc2ccccc2)NC(=O)c2ccccc2)C1=O. The average Bonchev–Trinajstić information content (AvgIpc) is 2.99. The van der Waals surface area contributed by atoms with Crippen molar-refractivity contribution in [3.05, 3.63) is 71.8 Å². The highest BCUT2D eigenvalue weighted by Gasteiger charge is 2.29. The van der Waals surface area contributed by atoms with E-state index in [9.17, 15) is 19.2 Å². The number of carbonyl (C=O) groups is 4. The lowest BCUT2D eigenvalue weighted by atomic mass is 10.0. The Kier molecular flexibility index (Phi) is 8.71. The Morgan fingerprint density at radius 3 is 2.33 bits per heavy atom. The van der Waals surface area contributed by atoms with Gasteiger partial charge in [-0.05, 0) is 43.4 Å². The van der Waals surface area contributed by atoms with Gasteiger partial charge in [-0.1, -0.05) is 48.5 Å². The van der Waals surface area contributed by atoms with Gasteiger partial charge in [0.15, 0.2) is 5.78 Å². The maximum Gasteiger partial charge on any atom is 0.323 e. The van der Waals surface area contributed by atoms with Crippen molar-refractivity contribution in [1.29, 1.82) is 0 Å². The molecule has 2 aromatic carbocycles. The van der Waals surface area contributed by atoms with E-state index in [1.165, 1.54) is 4.90 Å². The van der Waals surface area contributed by atoms with Crippen molar-refractivity contribution in [3.63, 3.8) is 0 Å². The molecule has 1 heterocycles. The molecule has 174 valence electrons. The third-order valence-electron chi connectivity index (χ3n) is 5.64. The highest BCUT2D eigenvalue weighted by molar-refractivity contribution is 5.98. The summed E-state index contributed by atoms with van der Waals surface area (Å²) in [7, 11) is 0. The van der Waals surface area contributed by atoms with Crippen LogP contribution in [0.15, 0.2) is 60.7 Å². The summed E-state index contributed by atoms with van der Waals surface area (Å²) in [4.78, 5) is 50.9. The standard InChI is InChI=1S/C25H29N3O5/c29-22(16-26-20-13-7-8-14-28(25(20)33)17-23(30)31)21(15-18-9-3-1-4-10-18)27-24(32)19-11-5-2-6-12-19/h1-6,9-12,20-21,26H,7-8,13-17H2,(H,27,32)(H,30,31)/t20-,21?/m0/s1. The number of amides is 2. The van der Waals surface area contributed by atoms with Crippen LogP contribution in [0, 0.1) is 0 Å². The van der Waals surface area contributed by atoms with Crippen LogP contribution < -0.4 is 10.6 Å². The lowest BCUT2D eigenvalue weighted by Crippen LogP contribution is -2.51. The third kappa shape index (κ3) is 7.25. The van der Waals surface area contributed by atoms with Gasteiger partial charge < -0.3 is 15.3 Å². The first kappa shape index (κ1) is 24.1. The molecule has 3 N–H and O–H groups in total. The molecule has 0 aromatic heterocycles. The van der Waals surface area contributed by atoms with Gasteiger partial charge in [0.05, 0.1) is 18.6 Å². The van der Waals surface area contributed by atoms with Gasteiger partial charge in [0, 0.05) is 12.1 Å². The van der Waals surface area contributed by atoms with Crippen LogP contribution in [0.25, 0.3) is 0 Å². The van der Waals surface area contributed by atoms with Gasteiger partial charge in [-0.3, -0.25) is 24.5 Å². The minimum Gasteiger partial charge on any atom is -0.480 e. The van der Waals surface area contributed by atoms with Crippen LogP contribution >= 0.6 is 0 Å². The summed E-state index contributed by atoms with van der Waals surface area (Å²) in [6.45, 7) is -0.0698. The monoisotopic (exact) mass is 451 g/mol. The molecule has 1 fully saturated rings. The zero-order valence-electron chi connectivity index (χ0n) is 18.4. The predicted molar refractivity (Wildman–Crippen MR) is 123 cm³/mol. The second-order valence-corrected chi connectivity index (χ2v) is 8.13. The number of nitrogens with zero attached hydrogens (tertiary/aromatic N) is 1. The Morgan fingerprint density at radius 1 is 1.00 bits per heavy atom. The van der Waals surface area contributed by atoms with Crippen molar-refractivity contribution in [1.82, 2.24) is 15.5 Å². The minimum absolute atomic E-state index is 0.107. The van der Waals surface area contributed by atoms with E-state index in [-0.39, 0.29) is 30.7 Å². The second-order valence-electron chi connectivity index (χ2n) is 8.13. The molecule has 0 spiro atoms. The van der Waals surface area contributed by atoms with Gasteiger partial charge in [0.1, 0.15) is 6.54 Å². The number of carboxylic acids is 1. The number of carbonyl (C=O) groups excluding carboxylic acids is 3. The molecular weight excluding hydrogens is 422 g/mol. The summed E-state index contributed by atoms with van der Waals surface area (Å²) in [5.74, 6) is -1.96. The fraction of sp³-hybridized carbons (Fsp3) is 0.360. The van der Waals surface area contributed by atoms with Gasteiger partial charge in [0.2, 0.25) is 5.91 Å². The number of Topliss-reactive ketones (excluding diaryl/α,β-unsaturated/α-hetero) is 1. The molecule has 1 aliphatic rings. The predicted octanol–water partition coefficient (Wildman–Crippen LogP) is 1.65. The number of ketones is 1. The van der Waals surface area contributed by atoms with Crippen molar-refractivity contribution in [2.24, 2.45) is 0 Å². The number of carboxylic acid groups (broad SMARTS) is 1. The molecule has 8 heteroatoms. The fourth-order valence-electron chi connectivity index (χ4n) is 3.89. The number of likely N-dealkylation sites (tertiary alicyclic amines) is 1. The number of rotatable bonds is 10. The molecule has 0 radical (unpaired) electrons. The summed E-state index contributed by atoms with van der Waals surface area (Å²) in [5.41, 5.74) is 1.36. The maximum absolute atomic E-state index is 13.1. The van der Waals surface area contributed by atoms with Gasteiger partial charge in [0.25, 0.3) is 5.91 Å². The number of hydrogen-bond donors (Lipinski definition) is 3. The van der Waals surface area contributed by atoms with Crippen LogP contribution in [-0.2, 0) is 20.8 Å². The quantitative estimate of drug-likeness (QED) is 0.506. The molecule has 33 heavy (non-hydrogen) atoms. The van der Waals surface area contributed by atoms with Crippen LogP contribution in [0.1, 0.15) is 35.2 Å². The first-order valence-electron chi connectivity index (χ1n) is 11.1. The molecule has 0 aliphatic carbocycles. The number of hydrogen-bond acceptors (Lipinski definition) is 5. The lowest BCUT2D eigenvalue weighted by molar-refractivity contribution is -0.145. The van der Waals surface area contributed by atoms with Crippen LogP contribution in [-0.4, -0.2) is 65.3 Å². The van der Waals surface area contributed by atoms with E-state index in [0.717, 1.165) is 18.4 Å². The van der Waals surface area contributed by atoms with E-state index in [1.807, 2.05) is 36.4 Å². The van der Waals surface area contributed by atoms with Gasteiger partial charge in [-0.25, -0.2) is 0 Å². The first-order valence-corrected chi connectivity index (χ1v) is 11.1. The third-order valence-corrected chi connectivity index (χ3v) is 5.64. The summed E-state index contributed by atoms with van der Waals surface area (Å²) in [5, 5.41) is 14.9. The van der Waals surface area contributed by atoms with Crippen molar-refractivity contribution >= 4 is 23.6 Å². The Labute approximate surface area is 193 Å². The van der Waals surface area contributed by atoms with Crippen LogP contribution in [0.3, 0.4) is 0 Å². The fourth-order valence-corrected chi connectivity index (χ4v) is 3.89. The van der Waals surface area contributed by atoms with E-state index >= 15 is 0 Å². The second kappa shape index (κ2) is 11.9. The molecule has 1 saturated heterocycles. The van der Waals surface area contributed by atoms with Crippen molar-refractivity contribution in [2.75, 3.05) is 19.6 Å². The minimum atomic E-state index is -1.06. The van der Waals surface area contributed by atoms with Crippen LogP contribution in [0.2, 0.25) is 0 Å². The van der Waals surface area contributed by atoms with Gasteiger partial charge in [-0.15, -0.1) is 0 Å². The Balaban J connectivity index is 1.67. The molecule has 2 atom stereocenters.